The van der Waals surface area contributed by atoms with E-state index in [9.17, 15) is 4.79 Å². The molecule has 3 fully saturated rings. The predicted octanol–water partition coefficient (Wildman–Crippen LogP) is 0.361. The van der Waals surface area contributed by atoms with Crippen molar-refractivity contribution in [2.24, 2.45) is 5.92 Å². The molecular formula is C16H28N2O4. The van der Waals surface area contributed by atoms with Crippen LogP contribution in [0, 0.1) is 5.92 Å². The Labute approximate surface area is 132 Å². The van der Waals surface area contributed by atoms with Crippen LogP contribution in [-0.2, 0) is 19.0 Å². The van der Waals surface area contributed by atoms with E-state index in [-0.39, 0.29) is 12.0 Å². The van der Waals surface area contributed by atoms with E-state index >= 15 is 0 Å². The molecule has 3 aliphatic rings. The van der Waals surface area contributed by atoms with Crippen LogP contribution in [-0.4, -0.2) is 87.6 Å². The number of likely N-dealkylation sites (tertiary alicyclic amines) is 1. The molecule has 0 spiro atoms. The second kappa shape index (κ2) is 7.73. The molecule has 0 N–H and O–H groups in total. The van der Waals surface area contributed by atoms with Gasteiger partial charge < -0.3 is 19.1 Å². The Morgan fingerprint density at radius 1 is 1.18 bits per heavy atom. The maximum atomic E-state index is 12.7. The lowest BCUT2D eigenvalue weighted by molar-refractivity contribution is -0.149. The van der Waals surface area contributed by atoms with Crippen LogP contribution in [0.2, 0.25) is 0 Å². The van der Waals surface area contributed by atoms with Gasteiger partial charge in [0.2, 0.25) is 5.91 Å². The highest BCUT2D eigenvalue weighted by Crippen LogP contribution is 2.26. The zero-order valence-corrected chi connectivity index (χ0v) is 13.5. The first-order valence-electron chi connectivity index (χ1n) is 8.50. The number of methoxy groups -OCH3 is 1. The summed E-state index contributed by atoms with van der Waals surface area (Å²) in [6.07, 6.45) is 2.95. The number of hydrogen-bond acceptors (Lipinski definition) is 5. The molecule has 0 aromatic rings. The van der Waals surface area contributed by atoms with E-state index < -0.39 is 0 Å². The number of piperidine rings is 1. The Morgan fingerprint density at radius 3 is 2.77 bits per heavy atom. The second-order valence-electron chi connectivity index (χ2n) is 6.46. The molecule has 22 heavy (non-hydrogen) atoms. The number of carbonyl (C=O) groups excluding carboxylic acids is 1. The van der Waals surface area contributed by atoms with E-state index in [1.54, 1.807) is 7.11 Å². The average molecular weight is 312 g/mol. The number of morpholine rings is 1. The van der Waals surface area contributed by atoms with Gasteiger partial charge in [0.25, 0.3) is 0 Å². The lowest BCUT2D eigenvalue weighted by Gasteiger charge is -2.47. The summed E-state index contributed by atoms with van der Waals surface area (Å²) in [5.74, 6) is 0.473. The van der Waals surface area contributed by atoms with E-state index in [2.05, 4.69) is 9.80 Å². The molecule has 3 aliphatic heterocycles. The van der Waals surface area contributed by atoms with Gasteiger partial charge in [-0.25, -0.2) is 0 Å². The van der Waals surface area contributed by atoms with E-state index in [0.29, 0.717) is 11.9 Å². The molecule has 0 aromatic carbocycles. The summed E-state index contributed by atoms with van der Waals surface area (Å²) in [6, 6.07) is 0.321. The Kier molecular flexibility index (Phi) is 5.68. The molecule has 1 amide bonds. The fourth-order valence-electron chi connectivity index (χ4n) is 3.83. The van der Waals surface area contributed by atoms with E-state index in [4.69, 9.17) is 14.2 Å². The topological polar surface area (TPSA) is 51.2 Å². The Morgan fingerprint density at radius 2 is 2.00 bits per heavy atom. The van der Waals surface area contributed by atoms with Gasteiger partial charge >= 0.3 is 0 Å². The van der Waals surface area contributed by atoms with Crippen LogP contribution in [0.3, 0.4) is 0 Å². The summed E-state index contributed by atoms with van der Waals surface area (Å²) in [5.41, 5.74) is 0. The zero-order valence-electron chi connectivity index (χ0n) is 13.5. The van der Waals surface area contributed by atoms with Crippen LogP contribution < -0.4 is 0 Å². The maximum absolute atomic E-state index is 12.7. The molecule has 3 rings (SSSR count). The van der Waals surface area contributed by atoms with Gasteiger partial charge in [-0.3, -0.25) is 9.69 Å². The lowest BCUT2D eigenvalue weighted by atomic mass is 9.94. The lowest BCUT2D eigenvalue weighted by Crippen LogP contribution is -2.61. The van der Waals surface area contributed by atoms with Crippen LogP contribution in [0.15, 0.2) is 0 Å². The van der Waals surface area contributed by atoms with Crippen molar-refractivity contribution in [3.8, 4) is 0 Å². The van der Waals surface area contributed by atoms with E-state index in [0.717, 1.165) is 71.9 Å². The standard InChI is InChI=1S/C16H28N2O4/c1-20-10-6-17-7-11-22-15-2-5-18(12-14(15)17)16(19)13-3-8-21-9-4-13/h13-15H,2-12H2,1H3/t14-,15-/m0/s1. The largest absolute Gasteiger partial charge is 0.383 e. The molecular weight excluding hydrogens is 284 g/mol. The fourth-order valence-corrected chi connectivity index (χ4v) is 3.83. The first kappa shape index (κ1) is 16.2. The molecule has 126 valence electrons. The zero-order chi connectivity index (χ0) is 15.4. The van der Waals surface area contributed by atoms with Crippen LogP contribution in [0.4, 0.5) is 0 Å². The van der Waals surface area contributed by atoms with Crippen molar-refractivity contribution in [1.82, 2.24) is 9.80 Å². The van der Waals surface area contributed by atoms with Gasteiger partial charge in [-0.2, -0.15) is 0 Å². The Balaban J connectivity index is 1.59. The molecule has 6 heteroatoms. The Bertz CT molecular complexity index is 373. The van der Waals surface area contributed by atoms with Gasteiger partial charge in [0, 0.05) is 52.4 Å². The highest BCUT2D eigenvalue weighted by Gasteiger charge is 2.39. The fraction of sp³-hybridized carbons (Fsp3) is 0.938. The summed E-state index contributed by atoms with van der Waals surface area (Å²) in [6.45, 7) is 6.44. The number of nitrogens with zero attached hydrogens (tertiary/aromatic N) is 2. The monoisotopic (exact) mass is 312 g/mol. The van der Waals surface area contributed by atoms with Crippen molar-refractivity contribution in [3.63, 3.8) is 0 Å². The highest BCUT2D eigenvalue weighted by molar-refractivity contribution is 5.79. The van der Waals surface area contributed by atoms with E-state index in [1.165, 1.54) is 0 Å². The number of fused-ring (bicyclic) bond motifs is 1. The van der Waals surface area contributed by atoms with Gasteiger partial charge in [0.15, 0.2) is 0 Å². The molecule has 3 heterocycles. The third-order valence-electron chi connectivity index (χ3n) is 5.16. The van der Waals surface area contributed by atoms with Crippen LogP contribution in [0.5, 0.6) is 0 Å². The SMILES string of the molecule is COCCN1CCO[C@H]2CCN(C(=O)C3CCOCC3)C[C@@H]21. The third-order valence-corrected chi connectivity index (χ3v) is 5.16. The molecule has 6 nitrogen and oxygen atoms in total. The summed E-state index contributed by atoms with van der Waals surface area (Å²) in [4.78, 5) is 17.2. The normalized spacial score (nSPS) is 31.0. The molecule has 0 aromatic heterocycles. The summed E-state index contributed by atoms with van der Waals surface area (Å²) in [5, 5.41) is 0. The van der Waals surface area contributed by atoms with Crippen molar-refractivity contribution in [2.75, 3.05) is 59.7 Å². The van der Waals surface area contributed by atoms with Gasteiger partial charge in [0.05, 0.1) is 25.4 Å². The van der Waals surface area contributed by atoms with Crippen molar-refractivity contribution in [1.29, 1.82) is 0 Å². The van der Waals surface area contributed by atoms with Crippen molar-refractivity contribution < 1.29 is 19.0 Å². The number of carbonyl (C=O) groups is 1. The predicted molar refractivity (Wildman–Crippen MR) is 81.7 cm³/mol. The highest BCUT2D eigenvalue weighted by atomic mass is 16.5. The van der Waals surface area contributed by atoms with Crippen molar-refractivity contribution in [2.45, 2.75) is 31.4 Å². The third kappa shape index (κ3) is 3.62. The first-order valence-corrected chi connectivity index (χ1v) is 8.50. The molecule has 0 saturated carbocycles. The average Bonchev–Trinajstić information content (AvgIpc) is 2.59. The minimum Gasteiger partial charge on any atom is -0.383 e. The quantitative estimate of drug-likeness (QED) is 0.750. The van der Waals surface area contributed by atoms with Gasteiger partial charge in [-0.05, 0) is 19.3 Å². The number of hydrogen-bond donors (Lipinski definition) is 0. The molecule has 3 saturated heterocycles. The molecule has 0 radical (unpaired) electrons. The Hall–Kier alpha value is -0.690. The van der Waals surface area contributed by atoms with Crippen LogP contribution >= 0.6 is 0 Å². The summed E-state index contributed by atoms with van der Waals surface area (Å²) >= 11 is 0. The van der Waals surface area contributed by atoms with Crippen LogP contribution in [0.25, 0.3) is 0 Å². The van der Waals surface area contributed by atoms with Crippen molar-refractivity contribution in [3.05, 3.63) is 0 Å². The van der Waals surface area contributed by atoms with Gasteiger partial charge in [-0.15, -0.1) is 0 Å². The van der Waals surface area contributed by atoms with Crippen molar-refractivity contribution >= 4 is 5.91 Å². The first-order chi connectivity index (χ1) is 10.8. The smallest absolute Gasteiger partial charge is 0.225 e. The van der Waals surface area contributed by atoms with Gasteiger partial charge in [0.1, 0.15) is 0 Å². The van der Waals surface area contributed by atoms with Gasteiger partial charge in [-0.1, -0.05) is 0 Å². The molecule has 0 bridgehead atoms. The minimum absolute atomic E-state index is 0.155. The summed E-state index contributed by atoms with van der Waals surface area (Å²) < 4.78 is 16.5. The number of ether oxygens (including phenoxy) is 3. The molecule has 0 aliphatic carbocycles. The molecule has 2 atom stereocenters. The number of rotatable bonds is 4. The summed E-state index contributed by atoms with van der Waals surface area (Å²) in [7, 11) is 1.74. The second-order valence-corrected chi connectivity index (χ2v) is 6.46. The van der Waals surface area contributed by atoms with E-state index in [1.807, 2.05) is 0 Å². The molecule has 0 unspecified atom stereocenters. The van der Waals surface area contributed by atoms with Crippen LogP contribution in [0.1, 0.15) is 19.3 Å². The number of amides is 1. The minimum atomic E-state index is 0.155. The maximum Gasteiger partial charge on any atom is 0.225 e.